The van der Waals surface area contributed by atoms with Crippen LogP contribution in [0.3, 0.4) is 0 Å². The van der Waals surface area contributed by atoms with Crippen LogP contribution in [0.5, 0.6) is 0 Å². The average Bonchev–Trinajstić information content (AvgIpc) is 3.41. The van der Waals surface area contributed by atoms with Gasteiger partial charge in [-0.05, 0) is 52.0 Å². The number of anilines is 1. The van der Waals surface area contributed by atoms with Crippen LogP contribution in [0.15, 0.2) is 12.1 Å². The maximum absolute atomic E-state index is 12.9. The number of ether oxygens (including phenoxy) is 2. The molecule has 2 atom stereocenters. The van der Waals surface area contributed by atoms with E-state index in [0.29, 0.717) is 42.8 Å². The molecule has 2 amide bonds. The quantitative estimate of drug-likeness (QED) is 0.616. The Morgan fingerprint density at radius 3 is 2.57 bits per heavy atom. The van der Waals surface area contributed by atoms with E-state index in [2.05, 4.69) is 15.5 Å². The third-order valence-corrected chi connectivity index (χ3v) is 7.46. The minimum atomic E-state index is -0.862. The Hall–Kier alpha value is -2.92. The van der Waals surface area contributed by atoms with Crippen molar-refractivity contribution in [3.63, 3.8) is 0 Å². The first-order chi connectivity index (χ1) is 16.5. The SMILES string of the molecule is COCc1cc(C(=O)Nc2cc(C3CC(N(C(=O)O)C45CC(C4)C5)CO3)n(C(C)(C)C)n2)n(C)n1. The molecule has 11 nitrogen and oxygen atoms in total. The normalized spacial score (nSPS) is 27.3. The molecule has 2 aromatic rings. The molecule has 1 saturated heterocycles. The molecule has 4 aliphatic rings. The predicted octanol–water partition coefficient (Wildman–Crippen LogP) is 3.13. The van der Waals surface area contributed by atoms with Crippen molar-refractivity contribution in [1.29, 1.82) is 0 Å². The Bertz CT molecular complexity index is 1130. The Morgan fingerprint density at radius 2 is 2.00 bits per heavy atom. The van der Waals surface area contributed by atoms with Gasteiger partial charge in [0.1, 0.15) is 11.8 Å². The van der Waals surface area contributed by atoms with E-state index in [1.807, 2.05) is 31.5 Å². The number of hydrogen-bond donors (Lipinski definition) is 2. The maximum atomic E-state index is 12.9. The van der Waals surface area contributed by atoms with Gasteiger partial charge in [0, 0.05) is 32.2 Å². The molecule has 3 aliphatic carbocycles. The standard InChI is InChI=1S/C24H34N6O5/c1-23(2,3)30-17(8-20(27-30)25-21(31)18-6-15(12-34-5)26-28(18)4)19-7-16(13-35-19)29(22(32)33)24-9-14(10-24)11-24/h6,8,14,16,19H,7,9-13H2,1-5H3,(H,32,33)(H,25,27,31). The van der Waals surface area contributed by atoms with Gasteiger partial charge in [0.15, 0.2) is 5.82 Å². The molecule has 2 N–H and O–H groups in total. The number of nitrogens with zero attached hydrogens (tertiary/aromatic N) is 5. The number of aryl methyl sites for hydroxylation is 1. The summed E-state index contributed by atoms with van der Waals surface area (Å²) in [4.78, 5) is 26.8. The molecule has 2 bridgehead atoms. The smallest absolute Gasteiger partial charge is 0.408 e. The number of carboxylic acid groups (broad SMARTS) is 1. The minimum absolute atomic E-state index is 0.186. The maximum Gasteiger partial charge on any atom is 0.408 e. The van der Waals surface area contributed by atoms with Crippen LogP contribution in [-0.4, -0.2) is 66.9 Å². The lowest BCUT2D eigenvalue weighted by molar-refractivity contribution is -0.142. The summed E-state index contributed by atoms with van der Waals surface area (Å²) >= 11 is 0. The fraction of sp³-hybridized carbons (Fsp3) is 0.667. The van der Waals surface area contributed by atoms with Crippen LogP contribution >= 0.6 is 0 Å². The number of methoxy groups -OCH3 is 1. The van der Waals surface area contributed by atoms with Gasteiger partial charge in [0.25, 0.3) is 5.91 Å². The molecule has 0 radical (unpaired) electrons. The van der Waals surface area contributed by atoms with Crippen molar-refractivity contribution >= 4 is 17.8 Å². The van der Waals surface area contributed by atoms with Gasteiger partial charge in [-0.1, -0.05) is 0 Å². The van der Waals surface area contributed by atoms with Crippen LogP contribution in [0.4, 0.5) is 10.6 Å². The predicted molar refractivity (Wildman–Crippen MR) is 126 cm³/mol. The number of amides is 2. The third kappa shape index (κ3) is 4.10. The molecule has 4 fully saturated rings. The van der Waals surface area contributed by atoms with E-state index >= 15 is 0 Å². The Balaban J connectivity index is 1.35. The summed E-state index contributed by atoms with van der Waals surface area (Å²) in [7, 11) is 3.29. The average molecular weight is 487 g/mol. The topological polar surface area (TPSA) is 124 Å². The fourth-order valence-corrected chi connectivity index (χ4v) is 5.83. The molecule has 11 heteroatoms. The van der Waals surface area contributed by atoms with Crippen molar-refractivity contribution in [1.82, 2.24) is 24.5 Å². The van der Waals surface area contributed by atoms with Crippen molar-refractivity contribution in [2.75, 3.05) is 19.0 Å². The van der Waals surface area contributed by atoms with Crippen LogP contribution in [0.25, 0.3) is 0 Å². The van der Waals surface area contributed by atoms with Crippen molar-refractivity contribution in [3.8, 4) is 0 Å². The zero-order valence-corrected chi connectivity index (χ0v) is 20.9. The zero-order valence-electron chi connectivity index (χ0n) is 20.9. The molecule has 0 spiro atoms. The highest BCUT2D eigenvalue weighted by molar-refractivity contribution is 6.02. The van der Waals surface area contributed by atoms with Gasteiger partial charge in [-0.2, -0.15) is 10.2 Å². The van der Waals surface area contributed by atoms with Crippen LogP contribution in [0.1, 0.15) is 74.4 Å². The minimum Gasteiger partial charge on any atom is -0.465 e. The van der Waals surface area contributed by atoms with Crippen molar-refractivity contribution in [2.45, 2.75) is 76.3 Å². The van der Waals surface area contributed by atoms with Crippen LogP contribution in [0, 0.1) is 5.92 Å². The highest BCUT2D eigenvalue weighted by Gasteiger charge is 2.63. The number of hydrogen-bond acceptors (Lipinski definition) is 6. The highest BCUT2D eigenvalue weighted by atomic mass is 16.5. The van der Waals surface area contributed by atoms with Crippen LogP contribution in [-0.2, 0) is 28.7 Å². The summed E-state index contributed by atoms with van der Waals surface area (Å²) < 4.78 is 14.6. The number of carbonyl (C=O) groups excluding carboxylic acids is 1. The second-order valence-electron chi connectivity index (χ2n) is 11.1. The first-order valence-electron chi connectivity index (χ1n) is 12.1. The number of rotatable bonds is 7. The lowest BCUT2D eigenvalue weighted by Crippen LogP contribution is -2.71. The monoisotopic (exact) mass is 486 g/mol. The second-order valence-corrected chi connectivity index (χ2v) is 11.1. The van der Waals surface area contributed by atoms with E-state index in [0.717, 1.165) is 25.0 Å². The van der Waals surface area contributed by atoms with Gasteiger partial charge in [0.05, 0.1) is 36.2 Å². The summed E-state index contributed by atoms with van der Waals surface area (Å²) in [6.45, 7) is 6.78. The molecule has 0 aromatic carbocycles. The molecule has 190 valence electrons. The lowest BCUT2D eigenvalue weighted by atomic mass is 9.49. The number of aromatic nitrogens is 4. The summed E-state index contributed by atoms with van der Waals surface area (Å²) in [5.74, 6) is 0.780. The van der Waals surface area contributed by atoms with E-state index in [9.17, 15) is 14.7 Å². The highest BCUT2D eigenvalue weighted by Crippen LogP contribution is 2.61. The third-order valence-electron chi connectivity index (χ3n) is 7.46. The van der Waals surface area contributed by atoms with Gasteiger partial charge in [0.2, 0.25) is 0 Å². The van der Waals surface area contributed by atoms with Gasteiger partial charge in [-0.3, -0.25) is 19.1 Å². The summed E-state index contributed by atoms with van der Waals surface area (Å²) in [6, 6.07) is 3.33. The lowest BCUT2D eigenvalue weighted by Gasteiger charge is -2.66. The van der Waals surface area contributed by atoms with Gasteiger partial charge in [-0.15, -0.1) is 0 Å². The fourth-order valence-electron chi connectivity index (χ4n) is 5.83. The van der Waals surface area contributed by atoms with Gasteiger partial charge < -0.3 is 19.9 Å². The van der Waals surface area contributed by atoms with E-state index in [-0.39, 0.29) is 29.1 Å². The summed E-state index contributed by atoms with van der Waals surface area (Å²) in [6.07, 6.45) is 2.30. The van der Waals surface area contributed by atoms with Crippen molar-refractivity contribution in [3.05, 3.63) is 29.2 Å². The first kappa shape index (κ1) is 23.8. The molecule has 2 aromatic heterocycles. The molecule has 3 heterocycles. The van der Waals surface area contributed by atoms with E-state index in [1.165, 1.54) is 4.68 Å². The van der Waals surface area contributed by atoms with Gasteiger partial charge >= 0.3 is 6.09 Å². The molecule has 2 unspecified atom stereocenters. The first-order valence-corrected chi connectivity index (χ1v) is 12.1. The molecule has 1 aliphatic heterocycles. The number of carbonyl (C=O) groups is 2. The summed E-state index contributed by atoms with van der Waals surface area (Å²) in [5, 5.41) is 21.8. The Labute approximate surface area is 204 Å². The zero-order chi connectivity index (χ0) is 25.1. The Kier molecular flexibility index (Phi) is 5.67. The summed E-state index contributed by atoms with van der Waals surface area (Å²) in [5.41, 5.74) is 1.34. The van der Waals surface area contributed by atoms with E-state index in [1.54, 1.807) is 25.1 Å². The van der Waals surface area contributed by atoms with E-state index in [4.69, 9.17) is 9.47 Å². The van der Waals surface area contributed by atoms with Crippen molar-refractivity contribution in [2.24, 2.45) is 13.0 Å². The molecular formula is C24H34N6O5. The number of nitrogens with one attached hydrogen (secondary N) is 1. The largest absolute Gasteiger partial charge is 0.465 e. The van der Waals surface area contributed by atoms with E-state index < -0.39 is 6.09 Å². The molecule has 6 rings (SSSR count). The Morgan fingerprint density at radius 1 is 1.29 bits per heavy atom. The second kappa shape index (κ2) is 8.34. The molecule has 3 saturated carbocycles. The molecule has 35 heavy (non-hydrogen) atoms. The van der Waals surface area contributed by atoms with Crippen LogP contribution < -0.4 is 5.32 Å². The van der Waals surface area contributed by atoms with Gasteiger partial charge in [-0.25, -0.2) is 4.79 Å². The molecular weight excluding hydrogens is 452 g/mol. The van der Waals surface area contributed by atoms with Crippen LogP contribution in [0.2, 0.25) is 0 Å². The van der Waals surface area contributed by atoms with Crippen molar-refractivity contribution < 1.29 is 24.2 Å².